The van der Waals surface area contributed by atoms with E-state index in [9.17, 15) is 0 Å². The van der Waals surface area contributed by atoms with Crippen LogP contribution in [-0.2, 0) is 10.5 Å². The Bertz CT molecular complexity index is 851. The third-order valence-corrected chi connectivity index (χ3v) is 5.25. The van der Waals surface area contributed by atoms with Crippen LogP contribution in [0.1, 0.15) is 35.8 Å². The van der Waals surface area contributed by atoms with Crippen LogP contribution in [0.2, 0.25) is 0 Å². The molecular formula is C16H20N6OS. The molecule has 4 heterocycles. The summed E-state index contributed by atoms with van der Waals surface area (Å²) in [6.07, 6.45) is 6.02. The lowest BCUT2D eigenvalue weighted by Gasteiger charge is -2.20. The fourth-order valence-corrected chi connectivity index (χ4v) is 3.73. The van der Waals surface area contributed by atoms with Crippen LogP contribution in [0.4, 0.5) is 0 Å². The molecule has 126 valence electrons. The Kier molecular flexibility index (Phi) is 4.15. The van der Waals surface area contributed by atoms with Crippen molar-refractivity contribution in [2.75, 3.05) is 19.1 Å². The molecule has 1 fully saturated rings. The standard InChI is InChI=1S/C16H20N6OS/c1-11-2-3-14-18-13(9-21(14)8-11)10-24-16-20-19-15(22(16)17)12-4-6-23-7-5-12/h2-3,8-9,12H,4-7,10,17H2,1H3. The third-order valence-electron chi connectivity index (χ3n) is 4.28. The van der Waals surface area contributed by atoms with Gasteiger partial charge in [0, 0.05) is 37.3 Å². The maximum absolute atomic E-state index is 6.20. The number of nitrogen functional groups attached to an aromatic ring is 1. The van der Waals surface area contributed by atoms with Crippen molar-refractivity contribution >= 4 is 17.4 Å². The molecule has 0 bridgehead atoms. The highest BCUT2D eigenvalue weighted by Gasteiger charge is 2.23. The van der Waals surface area contributed by atoms with E-state index in [1.807, 2.05) is 16.7 Å². The van der Waals surface area contributed by atoms with Crippen molar-refractivity contribution < 1.29 is 4.74 Å². The van der Waals surface area contributed by atoms with Crippen LogP contribution in [0.25, 0.3) is 5.65 Å². The van der Waals surface area contributed by atoms with Crippen LogP contribution in [0.3, 0.4) is 0 Å². The lowest BCUT2D eigenvalue weighted by molar-refractivity contribution is 0.0830. The van der Waals surface area contributed by atoms with E-state index in [-0.39, 0.29) is 0 Å². The number of thioether (sulfide) groups is 1. The molecule has 0 aromatic carbocycles. The van der Waals surface area contributed by atoms with Gasteiger partial charge in [-0.15, -0.1) is 10.2 Å². The van der Waals surface area contributed by atoms with Gasteiger partial charge in [-0.3, -0.25) is 0 Å². The molecule has 0 aliphatic carbocycles. The zero-order valence-electron chi connectivity index (χ0n) is 13.6. The highest BCUT2D eigenvalue weighted by Crippen LogP contribution is 2.28. The molecule has 24 heavy (non-hydrogen) atoms. The van der Waals surface area contributed by atoms with Gasteiger partial charge < -0.3 is 15.0 Å². The summed E-state index contributed by atoms with van der Waals surface area (Å²) in [6, 6.07) is 4.09. The van der Waals surface area contributed by atoms with Gasteiger partial charge in [0.05, 0.1) is 5.69 Å². The quantitative estimate of drug-likeness (QED) is 0.577. The van der Waals surface area contributed by atoms with Crippen molar-refractivity contribution in [3.05, 3.63) is 41.6 Å². The van der Waals surface area contributed by atoms with E-state index in [1.54, 1.807) is 16.4 Å². The summed E-state index contributed by atoms with van der Waals surface area (Å²) in [5.74, 6) is 8.10. The van der Waals surface area contributed by atoms with Gasteiger partial charge >= 0.3 is 0 Å². The van der Waals surface area contributed by atoms with E-state index < -0.39 is 0 Å². The Balaban J connectivity index is 1.47. The number of nitrogens with two attached hydrogens (primary N) is 1. The maximum atomic E-state index is 6.20. The Morgan fingerprint density at radius 3 is 2.92 bits per heavy atom. The zero-order valence-corrected chi connectivity index (χ0v) is 14.4. The summed E-state index contributed by atoms with van der Waals surface area (Å²) in [7, 11) is 0. The fourth-order valence-electron chi connectivity index (χ4n) is 2.98. The summed E-state index contributed by atoms with van der Waals surface area (Å²) in [6.45, 7) is 3.60. The van der Waals surface area contributed by atoms with E-state index in [4.69, 9.17) is 10.6 Å². The topological polar surface area (TPSA) is 83.3 Å². The largest absolute Gasteiger partial charge is 0.381 e. The summed E-state index contributed by atoms with van der Waals surface area (Å²) in [5.41, 5.74) is 3.16. The van der Waals surface area contributed by atoms with Gasteiger partial charge in [-0.25, -0.2) is 9.66 Å². The highest BCUT2D eigenvalue weighted by molar-refractivity contribution is 7.98. The summed E-state index contributed by atoms with van der Waals surface area (Å²) in [5, 5.41) is 9.27. The van der Waals surface area contributed by atoms with E-state index >= 15 is 0 Å². The fraction of sp³-hybridized carbons (Fsp3) is 0.438. The number of fused-ring (bicyclic) bond motifs is 1. The molecule has 4 rings (SSSR count). The van der Waals surface area contributed by atoms with Crippen LogP contribution in [0.5, 0.6) is 0 Å². The maximum Gasteiger partial charge on any atom is 0.210 e. The highest BCUT2D eigenvalue weighted by atomic mass is 32.2. The van der Waals surface area contributed by atoms with E-state index in [2.05, 4.69) is 34.4 Å². The Morgan fingerprint density at radius 1 is 1.25 bits per heavy atom. The van der Waals surface area contributed by atoms with E-state index in [0.29, 0.717) is 11.7 Å². The number of imidazole rings is 1. The van der Waals surface area contributed by atoms with Gasteiger partial charge in [-0.2, -0.15) is 0 Å². The van der Waals surface area contributed by atoms with Crippen molar-refractivity contribution in [1.29, 1.82) is 0 Å². The normalized spacial score (nSPS) is 16.0. The average molecular weight is 344 g/mol. The zero-order chi connectivity index (χ0) is 16.5. The van der Waals surface area contributed by atoms with Crippen LogP contribution in [-0.4, -0.2) is 37.5 Å². The van der Waals surface area contributed by atoms with Gasteiger partial charge in [-0.1, -0.05) is 17.8 Å². The van der Waals surface area contributed by atoms with Crippen molar-refractivity contribution in [3.63, 3.8) is 0 Å². The molecule has 0 radical (unpaired) electrons. The lowest BCUT2D eigenvalue weighted by atomic mass is 10.00. The number of aryl methyl sites for hydroxylation is 1. The number of aromatic nitrogens is 5. The molecule has 0 spiro atoms. The first-order valence-electron chi connectivity index (χ1n) is 8.06. The average Bonchev–Trinajstić information content (AvgIpc) is 3.16. The Labute approximate surface area is 144 Å². The first kappa shape index (κ1) is 15.5. The molecule has 1 saturated heterocycles. The third kappa shape index (κ3) is 2.99. The first-order valence-corrected chi connectivity index (χ1v) is 9.04. The minimum absolute atomic E-state index is 0.337. The molecule has 1 aliphatic rings. The predicted molar refractivity (Wildman–Crippen MR) is 92.5 cm³/mol. The molecule has 0 amide bonds. The van der Waals surface area contributed by atoms with Gasteiger partial charge in [0.2, 0.25) is 5.16 Å². The molecule has 2 N–H and O–H groups in total. The Morgan fingerprint density at radius 2 is 2.08 bits per heavy atom. The minimum Gasteiger partial charge on any atom is -0.381 e. The summed E-state index contributed by atoms with van der Waals surface area (Å²) in [4.78, 5) is 4.62. The summed E-state index contributed by atoms with van der Waals surface area (Å²) >= 11 is 1.56. The second kappa shape index (κ2) is 6.45. The number of ether oxygens (including phenoxy) is 1. The molecule has 0 unspecified atom stereocenters. The van der Waals surface area contributed by atoms with Crippen LogP contribution < -0.4 is 5.84 Å². The molecule has 8 heteroatoms. The van der Waals surface area contributed by atoms with Gasteiger partial charge in [0.15, 0.2) is 5.82 Å². The number of hydrogen-bond donors (Lipinski definition) is 1. The van der Waals surface area contributed by atoms with Crippen molar-refractivity contribution in [2.45, 2.75) is 36.6 Å². The van der Waals surface area contributed by atoms with Crippen LogP contribution >= 0.6 is 11.8 Å². The molecular weight excluding hydrogens is 324 g/mol. The Hall–Kier alpha value is -2.06. The van der Waals surface area contributed by atoms with E-state index in [0.717, 1.165) is 48.4 Å². The second-order valence-corrected chi connectivity index (χ2v) is 7.03. The van der Waals surface area contributed by atoms with Crippen LogP contribution in [0, 0.1) is 6.92 Å². The lowest BCUT2D eigenvalue weighted by Crippen LogP contribution is -2.22. The molecule has 7 nitrogen and oxygen atoms in total. The smallest absolute Gasteiger partial charge is 0.210 e. The predicted octanol–water partition coefficient (Wildman–Crippen LogP) is 2.13. The van der Waals surface area contributed by atoms with Crippen molar-refractivity contribution in [3.8, 4) is 0 Å². The van der Waals surface area contributed by atoms with Gasteiger partial charge in [0.1, 0.15) is 5.65 Å². The van der Waals surface area contributed by atoms with Gasteiger partial charge in [0.25, 0.3) is 0 Å². The summed E-state index contributed by atoms with van der Waals surface area (Å²) < 4.78 is 9.07. The van der Waals surface area contributed by atoms with Gasteiger partial charge in [-0.05, 0) is 31.4 Å². The number of hydrogen-bond acceptors (Lipinski definition) is 6. The first-order chi connectivity index (χ1) is 11.7. The molecule has 3 aromatic rings. The van der Waals surface area contributed by atoms with Crippen LogP contribution in [0.15, 0.2) is 29.7 Å². The molecule has 1 aliphatic heterocycles. The van der Waals surface area contributed by atoms with E-state index in [1.165, 1.54) is 5.56 Å². The number of nitrogens with zero attached hydrogens (tertiary/aromatic N) is 5. The minimum atomic E-state index is 0.337. The monoisotopic (exact) mass is 344 g/mol. The molecule has 0 saturated carbocycles. The molecule has 0 atom stereocenters. The number of pyridine rings is 1. The van der Waals surface area contributed by atoms with Crippen molar-refractivity contribution in [1.82, 2.24) is 24.3 Å². The molecule has 3 aromatic heterocycles. The number of rotatable bonds is 4. The van der Waals surface area contributed by atoms with Crippen molar-refractivity contribution in [2.24, 2.45) is 0 Å². The SMILES string of the molecule is Cc1ccc2nc(CSc3nnc(C4CCOCC4)n3N)cn2c1. The second-order valence-electron chi connectivity index (χ2n) is 6.09.